The second-order valence-corrected chi connectivity index (χ2v) is 2.28. The van der Waals surface area contributed by atoms with Gasteiger partial charge in [0.25, 0.3) is 0 Å². The average Bonchev–Trinajstić information content (AvgIpc) is 2.17. The molecule has 0 spiro atoms. The number of halogens is 1. The first-order chi connectivity index (χ1) is 3.29. The molecule has 1 radical (unpaired) electrons. The molecule has 1 atom stereocenters. The maximum absolute atomic E-state index is 11.9. The molecule has 1 heteroatoms. The van der Waals surface area contributed by atoms with E-state index in [1.165, 1.54) is 12.8 Å². The van der Waals surface area contributed by atoms with Gasteiger partial charge in [0, 0.05) is 0 Å². The van der Waals surface area contributed by atoms with Crippen LogP contribution in [0.1, 0.15) is 19.3 Å². The van der Waals surface area contributed by atoms with Crippen LogP contribution >= 0.6 is 0 Å². The fraction of sp³-hybridized carbons (Fsp3) is 0.833. The number of alkyl halides is 1. The molecule has 1 aliphatic carbocycles. The molecule has 1 fully saturated rings. The Bertz CT molecular complexity index is 55.2. The molecule has 0 amide bonds. The summed E-state index contributed by atoms with van der Waals surface area (Å²) in [6.45, 7) is 3.25. The fourth-order valence-corrected chi connectivity index (χ4v) is 0.715. The molecule has 41 valence electrons. The van der Waals surface area contributed by atoms with Crippen LogP contribution in [0.5, 0.6) is 0 Å². The van der Waals surface area contributed by atoms with Crippen molar-refractivity contribution in [1.82, 2.24) is 0 Å². The molecule has 1 rings (SSSR count). The predicted octanol–water partition coefficient (Wildman–Crippen LogP) is 1.96. The molecule has 0 nitrogen and oxygen atoms in total. The highest BCUT2D eigenvalue weighted by Gasteiger charge is 2.22. The third kappa shape index (κ3) is 1.91. The second kappa shape index (κ2) is 1.81. The predicted molar refractivity (Wildman–Crippen MR) is 27.6 cm³/mol. The molecule has 0 aromatic heterocycles. The lowest BCUT2D eigenvalue weighted by Crippen LogP contribution is -1.92. The smallest absolute Gasteiger partial charge is 0.100 e. The third-order valence-electron chi connectivity index (χ3n) is 1.29. The maximum Gasteiger partial charge on any atom is 0.100 e. The molecular formula is C6H10F. The number of rotatable bonds is 2. The van der Waals surface area contributed by atoms with Crippen molar-refractivity contribution in [2.24, 2.45) is 5.92 Å². The summed E-state index contributed by atoms with van der Waals surface area (Å²) >= 11 is 0. The monoisotopic (exact) mass is 101 g/mol. The van der Waals surface area contributed by atoms with Gasteiger partial charge in [0.15, 0.2) is 0 Å². The van der Waals surface area contributed by atoms with E-state index < -0.39 is 6.17 Å². The van der Waals surface area contributed by atoms with Crippen LogP contribution in [0.4, 0.5) is 4.39 Å². The topological polar surface area (TPSA) is 0 Å². The zero-order chi connectivity index (χ0) is 5.28. The Balaban J connectivity index is 1.97. The van der Waals surface area contributed by atoms with E-state index in [-0.39, 0.29) is 0 Å². The van der Waals surface area contributed by atoms with Crippen molar-refractivity contribution in [3.8, 4) is 0 Å². The highest BCUT2D eigenvalue weighted by Crippen LogP contribution is 2.33. The van der Waals surface area contributed by atoms with Crippen LogP contribution in [-0.2, 0) is 0 Å². The molecule has 1 unspecified atom stereocenters. The Kier molecular flexibility index (Phi) is 1.31. The van der Waals surface area contributed by atoms with E-state index in [2.05, 4.69) is 6.92 Å². The SMILES string of the molecule is [CH2]C(F)CC1CC1. The molecule has 0 heterocycles. The van der Waals surface area contributed by atoms with Crippen molar-refractivity contribution in [2.75, 3.05) is 0 Å². The van der Waals surface area contributed by atoms with Gasteiger partial charge < -0.3 is 0 Å². The minimum Gasteiger partial charge on any atom is -0.247 e. The molecule has 0 aromatic carbocycles. The summed E-state index contributed by atoms with van der Waals surface area (Å²) in [4.78, 5) is 0. The third-order valence-corrected chi connectivity index (χ3v) is 1.29. The zero-order valence-corrected chi connectivity index (χ0v) is 4.36. The van der Waals surface area contributed by atoms with Gasteiger partial charge in [0.1, 0.15) is 6.17 Å². The van der Waals surface area contributed by atoms with Crippen LogP contribution in [0.2, 0.25) is 0 Å². The molecule has 0 aromatic rings. The fourth-order valence-electron chi connectivity index (χ4n) is 0.715. The van der Waals surface area contributed by atoms with Gasteiger partial charge in [-0.1, -0.05) is 12.8 Å². The van der Waals surface area contributed by atoms with Crippen molar-refractivity contribution in [1.29, 1.82) is 0 Å². The van der Waals surface area contributed by atoms with Crippen LogP contribution in [-0.4, -0.2) is 6.17 Å². The van der Waals surface area contributed by atoms with Gasteiger partial charge in [-0.05, 0) is 19.3 Å². The van der Waals surface area contributed by atoms with Crippen LogP contribution in [0.25, 0.3) is 0 Å². The first-order valence-corrected chi connectivity index (χ1v) is 2.76. The Morgan fingerprint density at radius 2 is 2.29 bits per heavy atom. The van der Waals surface area contributed by atoms with Crippen LogP contribution < -0.4 is 0 Å². The van der Waals surface area contributed by atoms with Gasteiger partial charge in [-0.3, -0.25) is 0 Å². The van der Waals surface area contributed by atoms with Crippen LogP contribution in [0, 0.1) is 12.8 Å². The van der Waals surface area contributed by atoms with E-state index in [0.717, 1.165) is 0 Å². The molecule has 0 aliphatic heterocycles. The molecule has 1 saturated carbocycles. The van der Waals surface area contributed by atoms with Gasteiger partial charge in [0.05, 0.1) is 0 Å². The van der Waals surface area contributed by atoms with Crippen molar-refractivity contribution < 1.29 is 4.39 Å². The molecule has 7 heavy (non-hydrogen) atoms. The zero-order valence-electron chi connectivity index (χ0n) is 4.36. The lowest BCUT2D eigenvalue weighted by molar-refractivity contribution is 0.360. The average molecular weight is 101 g/mol. The minimum atomic E-state index is -0.812. The maximum atomic E-state index is 11.9. The van der Waals surface area contributed by atoms with E-state index in [9.17, 15) is 4.39 Å². The minimum absolute atomic E-state index is 0.687. The Morgan fingerprint density at radius 1 is 1.71 bits per heavy atom. The number of hydrogen-bond acceptors (Lipinski definition) is 0. The van der Waals surface area contributed by atoms with E-state index in [1.807, 2.05) is 0 Å². The molecule has 0 saturated heterocycles. The summed E-state index contributed by atoms with van der Waals surface area (Å²) in [6, 6.07) is 0. The summed E-state index contributed by atoms with van der Waals surface area (Å²) in [7, 11) is 0. The van der Waals surface area contributed by atoms with E-state index in [4.69, 9.17) is 0 Å². The standard InChI is InChI=1S/C6H10F/c1-5(7)4-6-2-3-6/h5-6H,1-4H2. The summed E-state index contributed by atoms with van der Waals surface area (Å²) in [5.41, 5.74) is 0. The molecular weight excluding hydrogens is 91.1 g/mol. The Labute approximate surface area is 43.7 Å². The van der Waals surface area contributed by atoms with E-state index in [1.54, 1.807) is 0 Å². The van der Waals surface area contributed by atoms with Crippen molar-refractivity contribution >= 4 is 0 Å². The van der Waals surface area contributed by atoms with Gasteiger partial charge in [-0.25, -0.2) is 4.39 Å². The van der Waals surface area contributed by atoms with Gasteiger partial charge in [-0.2, -0.15) is 0 Å². The summed E-state index contributed by atoms with van der Waals surface area (Å²) in [6.07, 6.45) is 2.35. The highest BCUT2D eigenvalue weighted by atomic mass is 19.1. The quantitative estimate of drug-likeness (QED) is 0.498. The lowest BCUT2D eigenvalue weighted by Gasteiger charge is -1.93. The largest absolute Gasteiger partial charge is 0.247 e. The molecule has 0 bridgehead atoms. The normalized spacial score (nSPS) is 24.9. The van der Waals surface area contributed by atoms with Crippen molar-refractivity contribution in [3.63, 3.8) is 0 Å². The Morgan fingerprint density at radius 3 is 2.43 bits per heavy atom. The summed E-state index contributed by atoms with van der Waals surface area (Å²) in [5, 5.41) is 0. The first kappa shape index (κ1) is 5.07. The first-order valence-electron chi connectivity index (χ1n) is 2.76. The second-order valence-electron chi connectivity index (χ2n) is 2.28. The summed E-state index contributed by atoms with van der Waals surface area (Å²) in [5.74, 6) is 0.687. The number of hydrogen-bond donors (Lipinski definition) is 0. The summed E-state index contributed by atoms with van der Waals surface area (Å²) < 4.78 is 11.9. The Hall–Kier alpha value is -0.0700. The van der Waals surface area contributed by atoms with Gasteiger partial charge in [-0.15, -0.1) is 0 Å². The lowest BCUT2D eigenvalue weighted by atomic mass is 10.2. The van der Waals surface area contributed by atoms with Gasteiger partial charge >= 0.3 is 0 Å². The van der Waals surface area contributed by atoms with E-state index >= 15 is 0 Å². The van der Waals surface area contributed by atoms with Crippen LogP contribution in [0.3, 0.4) is 0 Å². The molecule has 1 aliphatic rings. The molecule has 0 N–H and O–H groups in total. The van der Waals surface area contributed by atoms with Crippen molar-refractivity contribution in [2.45, 2.75) is 25.4 Å². The van der Waals surface area contributed by atoms with Crippen molar-refractivity contribution in [3.05, 3.63) is 6.92 Å². The highest BCUT2D eigenvalue weighted by molar-refractivity contribution is 4.77. The van der Waals surface area contributed by atoms with Gasteiger partial charge in [0.2, 0.25) is 0 Å². The van der Waals surface area contributed by atoms with E-state index in [0.29, 0.717) is 12.3 Å². The van der Waals surface area contributed by atoms with Crippen LogP contribution in [0.15, 0.2) is 0 Å².